The molecule has 1 aliphatic carbocycles. The monoisotopic (exact) mass is 296 g/mol. The first kappa shape index (κ1) is 15.8. The first-order valence-corrected chi connectivity index (χ1v) is 9.12. The number of hydrogen-bond donors (Lipinski definition) is 2. The Bertz CT molecular complexity index is 401. The normalized spacial score (nSPS) is 20.2. The molecule has 1 aliphatic rings. The molecule has 0 spiro atoms. The Morgan fingerprint density at radius 2 is 1.55 bits per heavy atom. The van der Waals surface area contributed by atoms with Crippen molar-refractivity contribution in [2.75, 3.05) is 0 Å². The van der Waals surface area contributed by atoms with E-state index in [1.165, 1.54) is 82.0 Å². The molecule has 0 aromatic carbocycles. The SMILES string of the molecule is O=c1[nH]c(CNC2CCCCCCCCCCC2)cs1. The highest BCUT2D eigenvalue weighted by Gasteiger charge is 2.09. The van der Waals surface area contributed by atoms with Crippen molar-refractivity contribution in [2.24, 2.45) is 0 Å². The highest BCUT2D eigenvalue weighted by Crippen LogP contribution is 2.17. The lowest BCUT2D eigenvalue weighted by atomic mass is 9.98. The standard InChI is InChI=1S/C16H28N2OS/c19-16-18-15(13-20-16)12-17-14-10-8-6-4-2-1-3-5-7-9-11-14/h13-14,17H,1-12H2,(H,18,19). The van der Waals surface area contributed by atoms with Crippen LogP contribution in [0.5, 0.6) is 0 Å². The smallest absolute Gasteiger partial charge is 0.304 e. The Labute approximate surface area is 126 Å². The lowest BCUT2D eigenvalue weighted by Gasteiger charge is -2.19. The van der Waals surface area contributed by atoms with Gasteiger partial charge in [-0.25, -0.2) is 0 Å². The molecule has 0 bridgehead atoms. The molecule has 0 radical (unpaired) electrons. The Hall–Kier alpha value is -0.610. The van der Waals surface area contributed by atoms with Crippen LogP contribution in [0.3, 0.4) is 0 Å². The van der Waals surface area contributed by atoms with Crippen LogP contribution < -0.4 is 10.2 Å². The van der Waals surface area contributed by atoms with Crippen LogP contribution in [0.1, 0.15) is 76.3 Å². The summed E-state index contributed by atoms with van der Waals surface area (Å²) in [6.45, 7) is 0.809. The molecule has 3 nitrogen and oxygen atoms in total. The van der Waals surface area contributed by atoms with Gasteiger partial charge in [0.1, 0.15) is 0 Å². The fourth-order valence-corrected chi connectivity index (χ4v) is 3.60. The van der Waals surface area contributed by atoms with Crippen molar-refractivity contribution in [1.29, 1.82) is 0 Å². The molecular formula is C16H28N2OS. The van der Waals surface area contributed by atoms with E-state index in [2.05, 4.69) is 10.3 Å². The zero-order valence-electron chi connectivity index (χ0n) is 12.5. The number of H-pyrrole nitrogens is 1. The summed E-state index contributed by atoms with van der Waals surface area (Å²) in [5.74, 6) is 0. The summed E-state index contributed by atoms with van der Waals surface area (Å²) in [4.78, 5) is 14.1. The maximum atomic E-state index is 11.1. The van der Waals surface area contributed by atoms with Crippen molar-refractivity contribution in [3.8, 4) is 0 Å². The van der Waals surface area contributed by atoms with Gasteiger partial charge < -0.3 is 10.3 Å². The number of nitrogens with one attached hydrogen (secondary N) is 2. The molecule has 4 heteroatoms. The number of thiazole rings is 1. The summed E-state index contributed by atoms with van der Waals surface area (Å²) < 4.78 is 0. The molecule has 1 saturated carbocycles. The van der Waals surface area contributed by atoms with Crippen LogP contribution in [0.15, 0.2) is 10.2 Å². The second kappa shape index (κ2) is 9.35. The van der Waals surface area contributed by atoms with Gasteiger partial charge in [-0.05, 0) is 12.8 Å². The van der Waals surface area contributed by atoms with Crippen LogP contribution in [0, 0.1) is 0 Å². The van der Waals surface area contributed by atoms with Crippen molar-refractivity contribution < 1.29 is 0 Å². The van der Waals surface area contributed by atoms with E-state index in [4.69, 9.17) is 0 Å². The third-order valence-corrected chi connectivity index (χ3v) is 4.98. The van der Waals surface area contributed by atoms with E-state index in [1.807, 2.05) is 5.38 Å². The zero-order chi connectivity index (χ0) is 14.0. The van der Waals surface area contributed by atoms with Gasteiger partial charge in [-0.3, -0.25) is 4.79 Å². The van der Waals surface area contributed by atoms with Gasteiger partial charge in [-0.15, -0.1) is 0 Å². The fourth-order valence-electron chi connectivity index (χ4n) is 3.02. The van der Waals surface area contributed by atoms with E-state index >= 15 is 0 Å². The molecule has 0 saturated heterocycles. The Balaban J connectivity index is 1.75. The average molecular weight is 296 g/mol. The third kappa shape index (κ3) is 6.23. The summed E-state index contributed by atoms with van der Waals surface area (Å²) in [6, 6.07) is 0.623. The summed E-state index contributed by atoms with van der Waals surface area (Å²) in [7, 11) is 0. The second-order valence-electron chi connectivity index (χ2n) is 6.01. The maximum Gasteiger partial charge on any atom is 0.304 e. The van der Waals surface area contributed by atoms with Crippen molar-refractivity contribution in [3.05, 3.63) is 20.7 Å². The van der Waals surface area contributed by atoms with E-state index in [9.17, 15) is 4.79 Å². The average Bonchev–Trinajstić information content (AvgIpc) is 2.84. The van der Waals surface area contributed by atoms with Crippen LogP contribution >= 0.6 is 11.3 Å². The molecule has 1 aromatic heterocycles. The van der Waals surface area contributed by atoms with Crippen molar-refractivity contribution in [1.82, 2.24) is 10.3 Å². The number of aromatic nitrogens is 1. The lowest BCUT2D eigenvalue weighted by molar-refractivity contribution is 0.401. The van der Waals surface area contributed by atoms with E-state index in [0.29, 0.717) is 6.04 Å². The molecule has 20 heavy (non-hydrogen) atoms. The topological polar surface area (TPSA) is 44.9 Å². The Morgan fingerprint density at radius 3 is 2.05 bits per heavy atom. The molecular weight excluding hydrogens is 268 g/mol. The molecule has 114 valence electrons. The molecule has 0 atom stereocenters. The first-order valence-electron chi connectivity index (χ1n) is 8.24. The first-order chi connectivity index (χ1) is 9.84. The molecule has 0 amide bonds. The molecule has 1 fully saturated rings. The van der Waals surface area contributed by atoms with Gasteiger partial charge in [-0.1, -0.05) is 69.1 Å². The van der Waals surface area contributed by atoms with E-state index in [1.54, 1.807) is 0 Å². The predicted molar refractivity (Wildman–Crippen MR) is 86.4 cm³/mol. The van der Waals surface area contributed by atoms with Crippen molar-refractivity contribution in [3.63, 3.8) is 0 Å². The van der Waals surface area contributed by atoms with E-state index < -0.39 is 0 Å². The van der Waals surface area contributed by atoms with Crippen LogP contribution in [0.25, 0.3) is 0 Å². The van der Waals surface area contributed by atoms with Gasteiger partial charge in [0, 0.05) is 23.7 Å². The van der Waals surface area contributed by atoms with Crippen LogP contribution in [-0.2, 0) is 6.54 Å². The molecule has 1 heterocycles. The summed E-state index contributed by atoms with van der Waals surface area (Å²) >= 11 is 1.26. The summed E-state index contributed by atoms with van der Waals surface area (Å²) in [5, 5.41) is 5.57. The Kier molecular flexibility index (Phi) is 7.37. The number of aromatic amines is 1. The minimum Gasteiger partial charge on any atom is -0.315 e. The molecule has 0 aliphatic heterocycles. The minimum absolute atomic E-state index is 0.0560. The van der Waals surface area contributed by atoms with Gasteiger partial charge >= 0.3 is 4.87 Å². The van der Waals surface area contributed by atoms with Crippen LogP contribution in [-0.4, -0.2) is 11.0 Å². The fraction of sp³-hybridized carbons (Fsp3) is 0.812. The summed E-state index contributed by atoms with van der Waals surface area (Å²) in [6.07, 6.45) is 15.1. The minimum atomic E-state index is 0.0560. The van der Waals surface area contributed by atoms with Gasteiger partial charge in [0.05, 0.1) is 0 Å². The highest BCUT2D eigenvalue weighted by molar-refractivity contribution is 7.07. The van der Waals surface area contributed by atoms with E-state index in [0.717, 1.165) is 12.2 Å². The largest absolute Gasteiger partial charge is 0.315 e. The maximum absolute atomic E-state index is 11.1. The van der Waals surface area contributed by atoms with Crippen molar-refractivity contribution >= 4 is 11.3 Å². The number of hydrogen-bond acceptors (Lipinski definition) is 3. The molecule has 0 unspecified atom stereocenters. The number of rotatable bonds is 3. The van der Waals surface area contributed by atoms with E-state index in [-0.39, 0.29) is 4.87 Å². The zero-order valence-corrected chi connectivity index (χ0v) is 13.3. The van der Waals surface area contributed by atoms with Gasteiger partial charge in [-0.2, -0.15) is 0 Å². The third-order valence-electron chi connectivity index (χ3n) is 4.26. The van der Waals surface area contributed by atoms with Crippen LogP contribution in [0.2, 0.25) is 0 Å². The molecule has 1 aromatic rings. The molecule has 2 N–H and O–H groups in total. The quantitative estimate of drug-likeness (QED) is 0.878. The predicted octanol–water partition coefficient (Wildman–Crippen LogP) is 4.20. The second-order valence-corrected chi connectivity index (χ2v) is 6.85. The van der Waals surface area contributed by atoms with Crippen molar-refractivity contribution in [2.45, 2.75) is 83.2 Å². The summed E-state index contributed by atoms with van der Waals surface area (Å²) in [5.41, 5.74) is 1.03. The Morgan fingerprint density at radius 1 is 1.00 bits per heavy atom. The van der Waals surface area contributed by atoms with Gasteiger partial charge in [0.2, 0.25) is 0 Å². The molecule has 2 rings (SSSR count). The lowest BCUT2D eigenvalue weighted by Crippen LogP contribution is -2.29. The van der Waals surface area contributed by atoms with Gasteiger partial charge in [0.25, 0.3) is 0 Å². The van der Waals surface area contributed by atoms with Gasteiger partial charge in [0.15, 0.2) is 0 Å². The van der Waals surface area contributed by atoms with Crippen LogP contribution in [0.4, 0.5) is 0 Å². The highest BCUT2D eigenvalue weighted by atomic mass is 32.1.